The molecule has 0 unspecified atom stereocenters. The zero-order valence-corrected chi connectivity index (χ0v) is 15.7. The maximum Gasteiger partial charge on any atom is 0.240 e. The van der Waals surface area contributed by atoms with Crippen LogP contribution in [0.4, 0.5) is 0 Å². The predicted molar refractivity (Wildman–Crippen MR) is 99.7 cm³/mol. The number of piperazine rings is 1. The fraction of sp³-hybridized carbons (Fsp3) is 0.632. The lowest BCUT2D eigenvalue weighted by molar-refractivity contribution is -0.143. The molecule has 4 rings (SSSR count). The first-order valence-electron chi connectivity index (χ1n) is 9.67. The first-order chi connectivity index (χ1) is 12.6. The van der Waals surface area contributed by atoms with Gasteiger partial charge in [0.05, 0.1) is 11.7 Å². The Morgan fingerprint density at radius 3 is 2.73 bits per heavy atom. The lowest BCUT2D eigenvalue weighted by Gasteiger charge is -2.43. The highest BCUT2D eigenvalue weighted by Gasteiger charge is 2.35. The van der Waals surface area contributed by atoms with Crippen molar-refractivity contribution in [3.63, 3.8) is 0 Å². The standard InChI is InChI=1S/C19H28N6O/c1-15(2)25-8-3-5-17(18(25)26)23-11-9-22(10-12-23)13-16-14-24-7-4-6-20-19(24)21-16/h4,6-7,14-15,17H,3,5,8-13H2,1-2H3/t17-/m0/s1. The molecule has 140 valence electrons. The van der Waals surface area contributed by atoms with E-state index in [2.05, 4.69) is 39.8 Å². The van der Waals surface area contributed by atoms with Crippen LogP contribution in [-0.2, 0) is 11.3 Å². The Kier molecular flexibility index (Phi) is 4.91. The third-order valence-electron chi connectivity index (χ3n) is 5.59. The van der Waals surface area contributed by atoms with Gasteiger partial charge in [0.2, 0.25) is 11.7 Å². The zero-order valence-electron chi connectivity index (χ0n) is 15.7. The number of nitrogens with zero attached hydrogens (tertiary/aromatic N) is 6. The van der Waals surface area contributed by atoms with Gasteiger partial charge < -0.3 is 4.90 Å². The number of carbonyl (C=O) groups is 1. The minimum atomic E-state index is 0.0766. The van der Waals surface area contributed by atoms with Crippen LogP contribution in [0.1, 0.15) is 32.4 Å². The van der Waals surface area contributed by atoms with Crippen LogP contribution in [0, 0.1) is 0 Å². The van der Waals surface area contributed by atoms with Gasteiger partial charge in [0, 0.05) is 63.9 Å². The Hall–Kier alpha value is -1.99. The normalized spacial score (nSPS) is 23.3. The Balaban J connectivity index is 1.34. The average Bonchev–Trinajstić information content (AvgIpc) is 3.05. The van der Waals surface area contributed by atoms with Gasteiger partial charge in [0.25, 0.3) is 0 Å². The summed E-state index contributed by atoms with van der Waals surface area (Å²) in [5, 5.41) is 0. The number of amides is 1. The molecule has 1 atom stereocenters. The second-order valence-electron chi connectivity index (χ2n) is 7.65. The van der Waals surface area contributed by atoms with E-state index in [1.54, 1.807) is 6.20 Å². The van der Waals surface area contributed by atoms with Crippen LogP contribution < -0.4 is 0 Å². The minimum absolute atomic E-state index is 0.0766. The smallest absolute Gasteiger partial charge is 0.240 e. The molecule has 0 spiro atoms. The molecule has 7 nitrogen and oxygen atoms in total. The van der Waals surface area contributed by atoms with Crippen molar-refractivity contribution in [2.45, 2.75) is 45.3 Å². The number of likely N-dealkylation sites (tertiary alicyclic amines) is 1. The van der Waals surface area contributed by atoms with E-state index in [4.69, 9.17) is 0 Å². The molecular weight excluding hydrogens is 328 g/mol. The van der Waals surface area contributed by atoms with Crippen LogP contribution >= 0.6 is 0 Å². The molecule has 2 aliphatic rings. The largest absolute Gasteiger partial charge is 0.339 e. The topological polar surface area (TPSA) is 57.0 Å². The number of fused-ring (bicyclic) bond motifs is 1. The molecule has 0 bridgehead atoms. The van der Waals surface area contributed by atoms with Gasteiger partial charge in [-0.1, -0.05) is 0 Å². The summed E-state index contributed by atoms with van der Waals surface area (Å²) in [5.74, 6) is 1.08. The van der Waals surface area contributed by atoms with Crippen molar-refractivity contribution in [1.29, 1.82) is 0 Å². The van der Waals surface area contributed by atoms with Crippen LogP contribution in [-0.4, -0.2) is 79.8 Å². The van der Waals surface area contributed by atoms with E-state index >= 15 is 0 Å². The Labute approximate surface area is 154 Å². The van der Waals surface area contributed by atoms with Gasteiger partial charge in [0.15, 0.2) is 0 Å². The predicted octanol–water partition coefficient (Wildman–Crippen LogP) is 1.25. The van der Waals surface area contributed by atoms with Gasteiger partial charge in [-0.3, -0.25) is 19.0 Å². The van der Waals surface area contributed by atoms with Crippen LogP contribution in [0.2, 0.25) is 0 Å². The van der Waals surface area contributed by atoms with Crippen molar-refractivity contribution in [3.05, 3.63) is 30.4 Å². The lowest BCUT2D eigenvalue weighted by Crippen LogP contribution is -2.58. The van der Waals surface area contributed by atoms with Gasteiger partial charge in [-0.2, -0.15) is 0 Å². The maximum absolute atomic E-state index is 12.8. The van der Waals surface area contributed by atoms with E-state index in [0.717, 1.165) is 63.6 Å². The monoisotopic (exact) mass is 356 g/mol. The van der Waals surface area contributed by atoms with E-state index < -0.39 is 0 Å². The summed E-state index contributed by atoms with van der Waals surface area (Å²) in [6.45, 7) is 9.84. The van der Waals surface area contributed by atoms with Crippen molar-refractivity contribution in [2.75, 3.05) is 32.7 Å². The number of carbonyl (C=O) groups excluding carboxylic acids is 1. The van der Waals surface area contributed by atoms with Gasteiger partial charge >= 0.3 is 0 Å². The lowest BCUT2D eigenvalue weighted by atomic mass is 10.0. The van der Waals surface area contributed by atoms with Crippen molar-refractivity contribution < 1.29 is 4.79 Å². The molecule has 2 aromatic rings. The molecule has 26 heavy (non-hydrogen) atoms. The summed E-state index contributed by atoms with van der Waals surface area (Å²) in [4.78, 5) is 28.5. The van der Waals surface area contributed by atoms with Gasteiger partial charge in [-0.05, 0) is 32.8 Å². The quantitative estimate of drug-likeness (QED) is 0.825. The SMILES string of the molecule is CC(C)N1CCC[C@H](N2CCN(Cc3cn4cccnc4n3)CC2)C1=O. The summed E-state index contributed by atoms with van der Waals surface area (Å²) in [6.07, 6.45) is 7.92. The second kappa shape index (κ2) is 7.32. The molecule has 2 aliphatic heterocycles. The number of imidazole rings is 1. The van der Waals surface area contributed by atoms with Gasteiger partial charge in [-0.15, -0.1) is 0 Å². The molecule has 1 amide bonds. The summed E-state index contributed by atoms with van der Waals surface area (Å²) < 4.78 is 1.97. The second-order valence-corrected chi connectivity index (χ2v) is 7.65. The van der Waals surface area contributed by atoms with Crippen LogP contribution in [0.3, 0.4) is 0 Å². The van der Waals surface area contributed by atoms with E-state index in [0.29, 0.717) is 11.9 Å². The fourth-order valence-corrected chi connectivity index (χ4v) is 4.15. The van der Waals surface area contributed by atoms with E-state index in [1.807, 2.05) is 21.6 Å². The minimum Gasteiger partial charge on any atom is -0.339 e. The summed E-state index contributed by atoms with van der Waals surface area (Å²) >= 11 is 0. The molecule has 0 aromatic carbocycles. The van der Waals surface area contributed by atoms with Crippen molar-refractivity contribution >= 4 is 11.7 Å². The highest BCUT2D eigenvalue weighted by Crippen LogP contribution is 2.21. The third-order valence-corrected chi connectivity index (χ3v) is 5.59. The molecule has 0 saturated carbocycles. The summed E-state index contributed by atoms with van der Waals surface area (Å²) in [6, 6.07) is 2.29. The number of piperidine rings is 1. The summed E-state index contributed by atoms with van der Waals surface area (Å²) in [7, 11) is 0. The van der Waals surface area contributed by atoms with E-state index in [9.17, 15) is 4.79 Å². The average molecular weight is 356 g/mol. The molecule has 0 radical (unpaired) electrons. The maximum atomic E-state index is 12.8. The number of hydrogen-bond donors (Lipinski definition) is 0. The van der Waals surface area contributed by atoms with Crippen LogP contribution in [0.25, 0.3) is 5.78 Å². The Morgan fingerprint density at radius 1 is 1.19 bits per heavy atom. The first-order valence-corrected chi connectivity index (χ1v) is 9.67. The van der Waals surface area contributed by atoms with Crippen molar-refractivity contribution in [3.8, 4) is 0 Å². The molecule has 7 heteroatoms. The zero-order chi connectivity index (χ0) is 18.1. The van der Waals surface area contributed by atoms with Gasteiger partial charge in [0.1, 0.15) is 0 Å². The molecule has 4 heterocycles. The highest BCUT2D eigenvalue weighted by molar-refractivity contribution is 5.82. The number of rotatable bonds is 4. The molecular formula is C19H28N6O. The van der Waals surface area contributed by atoms with Crippen molar-refractivity contribution in [1.82, 2.24) is 29.1 Å². The third kappa shape index (κ3) is 3.46. The Morgan fingerprint density at radius 2 is 2.00 bits per heavy atom. The van der Waals surface area contributed by atoms with Crippen molar-refractivity contribution in [2.24, 2.45) is 0 Å². The highest BCUT2D eigenvalue weighted by atomic mass is 16.2. The molecule has 2 saturated heterocycles. The number of aromatic nitrogens is 3. The molecule has 0 N–H and O–H groups in total. The number of hydrogen-bond acceptors (Lipinski definition) is 5. The summed E-state index contributed by atoms with van der Waals surface area (Å²) in [5.41, 5.74) is 1.05. The Bertz CT molecular complexity index is 731. The first kappa shape index (κ1) is 17.4. The van der Waals surface area contributed by atoms with Gasteiger partial charge in [-0.25, -0.2) is 9.97 Å². The van der Waals surface area contributed by atoms with Crippen LogP contribution in [0.15, 0.2) is 24.7 Å². The molecule has 0 aliphatic carbocycles. The van der Waals surface area contributed by atoms with Crippen LogP contribution in [0.5, 0.6) is 0 Å². The molecule has 2 fully saturated rings. The van der Waals surface area contributed by atoms with E-state index in [1.165, 1.54) is 0 Å². The fourth-order valence-electron chi connectivity index (χ4n) is 4.15. The molecule has 2 aromatic heterocycles. The van der Waals surface area contributed by atoms with E-state index in [-0.39, 0.29) is 6.04 Å².